The maximum absolute atomic E-state index is 8.70. The normalized spacial score (nSPS) is 22.2. The minimum Gasteiger partial charge on any atom is -0.197 e. The van der Waals surface area contributed by atoms with Gasteiger partial charge in [-0.3, -0.25) is 0 Å². The Hall–Kier alpha value is -2.35. The first-order valence-corrected chi connectivity index (χ1v) is 12.2. The first-order chi connectivity index (χ1) is 16.4. The molecule has 2 saturated carbocycles. The Balaban J connectivity index is 1.77. The summed E-state index contributed by atoms with van der Waals surface area (Å²) in [5.41, 5.74) is 6.84. The van der Waals surface area contributed by atoms with E-state index in [1.807, 2.05) is 12.1 Å². The van der Waals surface area contributed by atoms with Gasteiger partial charge in [-0.1, -0.05) is 62.1 Å². The van der Waals surface area contributed by atoms with Crippen molar-refractivity contribution >= 4 is 0 Å². The zero-order chi connectivity index (χ0) is 23.7. The van der Waals surface area contributed by atoms with Crippen molar-refractivity contribution in [1.82, 2.24) is 4.57 Å². The number of hydrogen-bond acceptors (Lipinski definition) is 0. The molecule has 2 heteroatoms. The molecule has 2 heterocycles. The van der Waals surface area contributed by atoms with Gasteiger partial charge in [0.25, 0.3) is 5.82 Å². The van der Waals surface area contributed by atoms with E-state index in [1.54, 1.807) is 0 Å². The molecular formula is C29H35N2+. The molecule has 31 heavy (non-hydrogen) atoms. The number of benzene rings is 2. The minimum atomic E-state index is -2.24. The lowest BCUT2D eigenvalue weighted by Crippen LogP contribution is -2.44. The molecule has 0 amide bonds. The van der Waals surface area contributed by atoms with Gasteiger partial charge in [0, 0.05) is 23.5 Å². The summed E-state index contributed by atoms with van der Waals surface area (Å²) in [6.07, 6.45) is 10.1. The van der Waals surface area contributed by atoms with Crippen molar-refractivity contribution in [1.29, 1.82) is 0 Å². The van der Waals surface area contributed by atoms with Gasteiger partial charge in [0.05, 0.1) is 5.41 Å². The molecule has 2 fully saturated rings. The third-order valence-corrected chi connectivity index (χ3v) is 8.66. The van der Waals surface area contributed by atoms with E-state index in [4.69, 9.17) is 4.11 Å². The third kappa shape index (κ3) is 2.48. The second kappa shape index (κ2) is 7.08. The summed E-state index contributed by atoms with van der Waals surface area (Å²) in [4.78, 5) is 0. The van der Waals surface area contributed by atoms with Crippen molar-refractivity contribution in [3.05, 3.63) is 76.9 Å². The number of nitrogens with zero attached hydrogens (tertiary/aromatic N) is 2. The quantitative estimate of drug-likeness (QED) is 0.424. The highest BCUT2D eigenvalue weighted by Crippen LogP contribution is 2.59. The maximum atomic E-state index is 8.70. The number of rotatable bonds is 3. The van der Waals surface area contributed by atoms with Gasteiger partial charge < -0.3 is 0 Å². The van der Waals surface area contributed by atoms with Crippen molar-refractivity contribution in [3.63, 3.8) is 0 Å². The molecule has 0 bridgehead atoms. The Bertz CT molecular complexity index is 1220. The molecule has 160 valence electrons. The molecule has 0 radical (unpaired) electrons. The second-order valence-electron chi connectivity index (χ2n) is 10.1. The van der Waals surface area contributed by atoms with Gasteiger partial charge in [-0.15, -0.1) is 0 Å². The van der Waals surface area contributed by atoms with E-state index in [0.717, 1.165) is 22.6 Å². The number of hydrogen-bond donors (Lipinski definition) is 0. The minimum absolute atomic E-state index is 0.0956. The van der Waals surface area contributed by atoms with Gasteiger partial charge in [0.1, 0.15) is 17.1 Å². The molecule has 2 nitrogen and oxygen atoms in total. The Morgan fingerprint density at radius 2 is 1.48 bits per heavy atom. The Kier molecular flexibility index (Phi) is 3.73. The summed E-state index contributed by atoms with van der Waals surface area (Å²) in [5, 5.41) is 0. The van der Waals surface area contributed by atoms with Crippen LogP contribution >= 0.6 is 0 Å². The van der Waals surface area contributed by atoms with Gasteiger partial charge in [0.15, 0.2) is 5.69 Å². The highest BCUT2D eigenvalue weighted by atomic mass is 15.2. The molecular weight excluding hydrogens is 376 g/mol. The summed E-state index contributed by atoms with van der Waals surface area (Å²) in [7, 11) is 0. The van der Waals surface area contributed by atoms with Gasteiger partial charge in [0.2, 0.25) is 0 Å². The molecule has 0 N–H and O–H groups in total. The van der Waals surface area contributed by atoms with E-state index >= 15 is 0 Å². The molecule has 0 spiro atoms. The lowest BCUT2D eigenvalue weighted by molar-refractivity contribution is -0.607. The van der Waals surface area contributed by atoms with Crippen LogP contribution in [0.2, 0.25) is 0 Å². The molecule has 1 aliphatic heterocycles. The Morgan fingerprint density at radius 3 is 2.13 bits per heavy atom. The van der Waals surface area contributed by atoms with E-state index in [0.29, 0.717) is 17.7 Å². The fourth-order valence-electron chi connectivity index (χ4n) is 7.53. The van der Waals surface area contributed by atoms with Crippen LogP contribution in [-0.2, 0) is 5.41 Å². The fraction of sp³-hybridized carbons (Fsp3) is 0.483. The molecule has 0 unspecified atom stereocenters. The lowest BCUT2D eigenvalue weighted by atomic mass is 9.60. The van der Waals surface area contributed by atoms with Crippen LogP contribution in [0.15, 0.2) is 48.5 Å². The smallest absolute Gasteiger partial charge is 0.197 e. The van der Waals surface area contributed by atoms with E-state index in [9.17, 15) is 0 Å². The zero-order valence-electron chi connectivity index (χ0n) is 21.8. The molecule has 0 atom stereocenters. The van der Waals surface area contributed by atoms with Crippen molar-refractivity contribution < 1.29 is 8.68 Å². The standard InChI is InChI=1S/C29H35N2/c1-20-12-4-10-18-26(20)30-21(2)28-29(23-13-5-6-14-23,24-15-7-8-16-24)25-17-9-11-19-27(25)31(28)22(30)3/h4,9-12,17-19,23-24H,5-8,13-16H2,1-3H3/q+1/i3D3. The van der Waals surface area contributed by atoms with Crippen LogP contribution in [0.3, 0.4) is 0 Å². The summed E-state index contributed by atoms with van der Waals surface area (Å²) in [6, 6.07) is 17.0. The molecule has 6 rings (SSSR count). The zero-order valence-corrected chi connectivity index (χ0v) is 18.8. The number of aryl methyl sites for hydroxylation is 1. The predicted molar refractivity (Wildman–Crippen MR) is 126 cm³/mol. The van der Waals surface area contributed by atoms with Crippen LogP contribution in [0.4, 0.5) is 0 Å². The van der Waals surface area contributed by atoms with Gasteiger partial charge >= 0.3 is 0 Å². The average molecular weight is 415 g/mol. The number of imidazole rings is 1. The van der Waals surface area contributed by atoms with Gasteiger partial charge in [-0.25, -0.2) is 0 Å². The Labute approximate surface area is 191 Å². The van der Waals surface area contributed by atoms with E-state index in [-0.39, 0.29) is 5.41 Å². The Morgan fingerprint density at radius 1 is 0.871 bits per heavy atom. The molecule has 0 saturated heterocycles. The van der Waals surface area contributed by atoms with Crippen LogP contribution in [0.5, 0.6) is 0 Å². The van der Waals surface area contributed by atoms with Gasteiger partial charge in [-0.05, 0) is 62.1 Å². The van der Waals surface area contributed by atoms with Crippen molar-refractivity contribution in [2.75, 3.05) is 0 Å². The van der Waals surface area contributed by atoms with E-state index in [1.165, 1.54) is 62.6 Å². The molecule has 2 aliphatic carbocycles. The molecule has 3 aromatic rings. The SMILES string of the molecule is [2H]C([2H])([2H])c1n(-c2ccccc2C)c(C)c2[n+]1-c1ccccc1C2(C1CCCC1)C1CCCC1. The van der Waals surface area contributed by atoms with Crippen LogP contribution in [0.25, 0.3) is 11.4 Å². The second-order valence-corrected chi connectivity index (χ2v) is 10.1. The summed E-state index contributed by atoms with van der Waals surface area (Å²) < 4.78 is 30.3. The van der Waals surface area contributed by atoms with Crippen LogP contribution in [-0.4, -0.2) is 4.57 Å². The van der Waals surface area contributed by atoms with Crippen LogP contribution in [0.1, 0.15) is 83.8 Å². The maximum Gasteiger partial charge on any atom is 0.264 e. The number of para-hydroxylation sites is 2. The monoisotopic (exact) mass is 414 g/mol. The molecule has 1 aromatic heterocycles. The van der Waals surface area contributed by atoms with E-state index in [2.05, 4.69) is 59.4 Å². The summed E-state index contributed by atoms with van der Waals surface area (Å²) in [6.45, 7) is 2.03. The topological polar surface area (TPSA) is 8.81 Å². The number of aromatic nitrogens is 2. The molecule has 3 aliphatic rings. The highest BCUT2D eigenvalue weighted by molar-refractivity contribution is 5.54. The average Bonchev–Trinajstić information content (AvgIpc) is 3.59. The van der Waals surface area contributed by atoms with Crippen LogP contribution in [0, 0.1) is 32.5 Å². The summed E-state index contributed by atoms with van der Waals surface area (Å²) in [5.74, 6) is 1.57. The molecule has 2 aromatic carbocycles. The van der Waals surface area contributed by atoms with E-state index < -0.39 is 6.85 Å². The van der Waals surface area contributed by atoms with Crippen molar-refractivity contribution in [2.24, 2.45) is 11.8 Å². The largest absolute Gasteiger partial charge is 0.264 e. The van der Waals surface area contributed by atoms with Gasteiger partial charge in [-0.2, -0.15) is 9.13 Å². The van der Waals surface area contributed by atoms with Crippen molar-refractivity contribution in [3.8, 4) is 11.4 Å². The lowest BCUT2D eigenvalue weighted by Gasteiger charge is -2.40. The van der Waals surface area contributed by atoms with Crippen molar-refractivity contribution in [2.45, 2.75) is 77.5 Å². The van der Waals surface area contributed by atoms with Crippen LogP contribution < -0.4 is 4.57 Å². The number of fused-ring (bicyclic) bond motifs is 3. The fourth-order valence-corrected chi connectivity index (χ4v) is 7.53. The first-order valence-electron chi connectivity index (χ1n) is 13.7. The third-order valence-electron chi connectivity index (χ3n) is 8.66. The summed E-state index contributed by atoms with van der Waals surface area (Å²) >= 11 is 0. The highest BCUT2D eigenvalue weighted by Gasteiger charge is 2.60. The predicted octanol–water partition coefficient (Wildman–Crippen LogP) is 6.66. The first kappa shape index (κ1) is 16.3.